The van der Waals surface area contributed by atoms with E-state index in [2.05, 4.69) is 0 Å². The largest absolute Gasteiger partial charge is 0.460 e. The van der Waals surface area contributed by atoms with Gasteiger partial charge in [0.25, 0.3) is 0 Å². The molecule has 0 spiro atoms. The van der Waals surface area contributed by atoms with Crippen molar-refractivity contribution >= 4 is 0 Å². The predicted molar refractivity (Wildman–Crippen MR) is 74.5 cm³/mol. The standard InChI is InChI=1S/C14H19F9O6/c15-11(16,12(17,18)13(19,20)14(21,22)23)3-1-2-4-28-10-9(27)8(26)7(25)6(5-24)29-10/h6-10,24-27H,1-5H2/t6-,7-,8+,9-,10-/m1/s1. The summed E-state index contributed by atoms with van der Waals surface area (Å²) >= 11 is 0. The maximum absolute atomic E-state index is 13.3. The van der Waals surface area contributed by atoms with Crippen molar-refractivity contribution in [1.82, 2.24) is 0 Å². The van der Waals surface area contributed by atoms with Crippen LogP contribution in [0.3, 0.4) is 0 Å². The van der Waals surface area contributed by atoms with Gasteiger partial charge in [-0.3, -0.25) is 0 Å². The summed E-state index contributed by atoms with van der Waals surface area (Å²) in [6.45, 7) is -1.40. The molecule has 4 N–H and O–H groups in total. The summed E-state index contributed by atoms with van der Waals surface area (Å²) in [5.41, 5.74) is 0. The normalized spacial score (nSPS) is 29.9. The topological polar surface area (TPSA) is 99.4 Å². The molecule has 1 heterocycles. The molecule has 6 nitrogen and oxygen atoms in total. The lowest BCUT2D eigenvalue weighted by atomic mass is 9.98. The number of aliphatic hydroxyl groups is 4. The van der Waals surface area contributed by atoms with Gasteiger partial charge >= 0.3 is 23.9 Å². The maximum Gasteiger partial charge on any atom is 0.460 e. The number of halogens is 9. The van der Waals surface area contributed by atoms with Crippen LogP contribution < -0.4 is 0 Å². The van der Waals surface area contributed by atoms with Crippen LogP contribution in [0.2, 0.25) is 0 Å². The minimum Gasteiger partial charge on any atom is -0.394 e. The van der Waals surface area contributed by atoms with Gasteiger partial charge in [0, 0.05) is 13.0 Å². The first-order chi connectivity index (χ1) is 13.0. The number of hydrogen-bond acceptors (Lipinski definition) is 6. The fraction of sp³-hybridized carbons (Fsp3) is 1.00. The Kier molecular flexibility index (Phi) is 8.21. The van der Waals surface area contributed by atoms with E-state index in [1.165, 1.54) is 0 Å². The minimum absolute atomic E-state index is 0.543. The molecule has 0 bridgehead atoms. The van der Waals surface area contributed by atoms with Crippen LogP contribution in [0.4, 0.5) is 39.5 Å². The number of ether oxygens (including phenoxy) is 2. The highest BCUT2D eigenvalue weighted by molar-refractivity contribution is 5.00. The molecule has 1 rings (SSSR count). The molecular formula is C14H19F9O6. The number of alkyl halides is 9. The second kappa shape index (κ2) is 9.09. The molecular weight excluding hydrogens is 435 g/mol. The van der Waals surface area contributed by atoms with Gasteiger partial charge in [-0.1, -0.05) is 0 Å². The van der Waals surface area contributed by atoms with Gasteiger partial charge in [-0.05, 0) is 12.8 Å². The monoisotopic (exact) mass is 454 g/mol. The Morgan fingerprint density at radius 2 is 1.31 bits per heavy atom. The van der Waals surface area contributed by atoms with Crippen molar-refractivity contribution in [3.63, 3.8) is 0 Å². The number of hydrogen-bond donors (Lipinski definition) is 4. The molecule has 1 fully saturated rings. The van der Waals surface area contributed by atoms with Gasteiger partial charge in [-0.2, -0.15) is 39.5 Å². The molecule has 29 heavy (non-hydrogen) atoms. The van der Waals surface area contributed by atoms with Gasteiger partial charge in [0.05, 0.1) is 6.61 Å². The molecule has 15 heteroatoms. The Hall–Kier alpha value is -0.870. The Bertz CT molecular complexity index is 528. The zero-order chi connectivity index (χ0) is 22.8. The molecule has 0 aliphatic carbocycles. The van der Waals surface area contributed by atoms with Gasteiger partial charge in [0.15, 0.2) is 6.29 Å². The molecule has 1 saturated heterocycles. The Morgan fingerprint density at radius 3 is 1.79 bits per heavy atom. The summed E-state index contributed by atoms with van der Waals surface area (Å²) in [5, 5.41) is 37.6. The average Bonchev–Trinajstić information content (AvgIpc) is 2.59. The number of unbranched alkanes of at least 4 members (excludes halogenated alkanes) is 1. The van der Waals surface area contributed by atoms with E-state index < -0.39 is 87.1 Å². The Labute approximate surface area is 157 Å². The number of aliphatic hydroxyl groups excluding tert-OH is 4. The summed E-state index contributed by atoms with van der Waals surface area (Å²) in [6.07, 6.45) is -18.7. The zero-order valence-corrected chi connectivity index (χ0v) is 14.4. The summed E-state index contributed by atoms with van der Waals surface area (Å²) < 4.78 is 124. The van der Waals surface area contributed by atoms with Crippen LogP contribution in [0.5, 0.6) is 0 Å². The molecule has 1 aliphatic heterocycles. The molecule has 0 unspecified atom stereocenters. The molecule has 0 saturated carbocycles. The maximum atomic E-state index is 13.3. The van der Waals surface area contributed by atoms with Gasteiger partial charge in [-0.15, -0.1) is 0 Å². The highest BCUT2D eigenvalue weighted by atomic mass is 19.4. The third kappa shape index (κ3) is 5.25. The molecule has 0 aromatic carbocycles. The van der Waals surface area contributed by atoms with Crippen LogP contribution >= 0.6 is 0 Å². The van der Waals surface area contributed by atoms with Crippen molar-refractivity contribution in [2.75, 3.05) is 13.2 Å². The van der Waals surface area contributed by atoms with E-state index in [1.807, 2.05) is 0 Å². The molecule has 0 aromatic rings. The van der Waals surface area contributed by atoms with Crippen LogP contribution in [-0.4, -0.2) is 88.3 Å². The first-order valence-electron chi connectivity index (χ1n) is 8.13. The second-order valence-electron chi connectivity index (χ2n) is 6.38. The van der Waals surface area contributed by atoms with E-state index in [9.17, 15) is 54.8 Å². The fourth-order valence-electron chi connectivity index (χ4n) is 2.42. The summed E-state index contributed by atoms with van der Waals surface area (Å²) in [7, 11) is 0. The fourth-order valence-corrected chi connectivity index (χ4v) is 2.42. The highest BCUT2D eigenvalue weighted by Gasteiger charge is 2.81. The molecule has 5 atom stereocenters. The highest BCUT2D eigenvalue weighted by Crippen LogP contribution is 2.54. The van der Waals surface area contributed by atoms with E-state index in [0.29, 0.717) is 0 Å². The van der Waals surface area contributed by atoms with Crippen LogP contribution in [-0.2, 0) is 9.47 Å². The van der Waals surface area contributed by atoms with Gasteiger partial charge in [-0.25, -0.2) is 0 Å². The molecule has 1 aliphatic rings. The Balaban J connectivity index is 2.57. The third-order valence-corrected chi connectivity index (χ3v) is 4.23. The number of rotatable bonds is 9. The predicted octanol–water partition coefficient (Wildman–Crippen LogP) is 1.44. The van der Waals surface area contributed by atoms with Crippen molar-refractivity contribution in [2.24, 2.45) is 0 Å². The lowest BCUT2D eigenvalue weighted by Gasteiger charge is -2.39. The van der Waals surface area contributed by atoms with Gasteiger partial charge in [0.2, 0.25) is 0 Å². The quantitative estimate of drug-likeness (QED) is 0.311. The molecule has 0 radical (unpaired) electrons. The van der Waals surface area contributed by atoms with Gasteiger partial charge < -0.3 is 29.9 Å². The first-order valence-corrected chi connectivity index (χ1v) is 8.13. The van der Waals surface area contributed by atoms with Crippen molar-refractivity contribution in [2.45, 2.75) is 73.9 Å². The second-order valence-corrected chi connectivity index (χ2v) is 6.38. The van der Waals surface area contributed by atoms with Crippen LogP contribution in [0, 0.1) is 0 Å². The summed E-state index contributed by atoms with van der Waals surface area (Å²) in [6, 6.07) is 0. The van der Waals surface area contributed by atoms with E-state index >= 15 is 0 Å². The van der Waals surface area contributed by atoms with E-state index in [1.54, 1.807) is 0 Å². The molecule has 0 aromatic heterocycles. The third-order valence-electron chi connectivity index (χ3n) is 4.23. The lowest BCUT2D eigenvalue weighted by Crippen LogP contribution is -2.60. The molecule has 0 amide bonds. The zero-order valence-electron chi connectivity index (χ0n) is 14.4. The first kappa shape index (κ1) is 26.2. The van der Waals surface area contributed by atoms with Crippen LogP contribution in [0.15, 0.2) is 0 Å². The van der Waals surface area contributed by atoms with E-state index in [4.69, 9.17) is 14.6 Å². The van der Waals surface area contributed by atoms with E-state index in [-0.39, 0.29) is 0 Å². The minimum atomic E-state index is -6.95. The SMILES string of the molecule is OC[C@H]1O[C@@H](OCCCCC(F)(F)C(F)(F)C(F)(F)C(F)(F)F)[C@H](O)[C@@H](O)[C@@H]1O. The van der Waals surface area contributed by atoms with Crippen LogP contribution in [0.1, 0.15) is 19.3 Å². The van der Waals surface area contributed by atoms with Gasteiger partial charge in [0.1, 0.15) is 24.4 Å². The average molecular weight is 454 g/mol. The molecule has 174 valence electrons. The van der Waals surface area contributed by atoms with Crippen LogP contribution in [0.25, 0.3) is 0 Å². The summed E-state index contributed by atoms with van der Waals surface area (Å²) in [4.78, 5) is 0. The van der Waals surface area contributed by atoms with Crippen molar-refractivity contribution < 1.29 is 69.4 Å². The van der Waals surface area contributed by atoms with Crippen molar-refractivity contribution in [3.8, 4) is 0 Å². The Morgan fingerprint density at radius 1 is 0.759 bits per heavy atom. The lowest BCUT2D eigenvalue weighted by molar-refractivity contribution is -0.396. The smallest absolute Gasteiger partial charge is 0.394 e. The van der Waals surface area contributed by atoms with Crippen molar-refractivity contribution in [3.05, 3.63) is 0 Å². The van der Waals surface area contributed by atoms with E-state index in [0.717, 1.165) is 0 Å². The summed E-state index contributed by atoms with van der Waals surface area (Å²) in [5.74, 6) is -19.3. The van der Waals surface area contributed by atoms with Crippen molar-refractivity contribution in [1.29, 1.82) is 0 Å².